The SMILES string of the molecule is C#CCN(CCC)Cc1ccc(OC)cc1N. The summed E-state index contributed by atoms with van der Waals surface area (Å²) in [6, 6.07) is 5.76. The summed E-state index contributed by atoms with van der Waals surface area (Å²) in [5, 5.41) is 0. The maximum atomic E-state index is 5.98. The number of methoxy groups -OCH3 is 1. The molecule has 3 nitrogen and oxygen atoms in total. The van der Waals surface area contributed by atoms with Crippen molar-refractivity contribution in [3.05, 3.63) is 23.8 Å². The molecule has 92 valence electrons. The summed E-state index contributed by atoms with van der Waals surface area (Å²) in [4.78, 5) is 2.21. The molecular weight excluding hydrogens is 212 g/mol. The van der Waals surface area contributed by atoms with Crippen molar-refractivity contribution in [2.75, 3.05) is 25.9 Å². The highest BCUT2D eigenvalue weighted by Gasteiger charge is 2.07. The fourth-order valence-electron chi connectivity index (χ4n) is 1.74. The number of hydrogen-bond acceptors (Lipinski definition) is 3. The van der Waals surface area contributed by atoms with Crippen LogP contribution in [0.25, 0.3) is 0 Å². The molecule has 1 aromatic rings. The largest absolute Gasteiger partial charge is 0.497 e. The third kappa shape index (κ3) is 4.01. The maximum absolute atomic E-state index is 5.98. The number of terminal acetylenes is 1. The van der Waals surface area contributed by atoms with Crippen molar-refractivity contribution < 1.29 is 4.74 Å². The van der Waals surface area contributed by atoms with E-state index >= 15 is 0 Å². The van der Waals surface area contributed by atoms with Gasteiger partial charge in [-0.15, -0.1) is 6.42 Å². The fourth-order valence-corrected chi connectivity index (χ4v) is 1.74. The smallest absolute Gasteiger partial charge is 0.120 e. The summed E-state index contributed by atoms with van der Waals surface area (Å²) in [6.07, 6.45) is 6.44. The first-order valence-corrected chi connectivity index (χ1v) is 5.79. The standard InChI is InChI=1S/C14H20N2O/c1-4-8-16(9-5-2)11-12-6-7-13(17-3)10-14(12)15/h1,6-7,10H,5,8-9,11,15H2,2-3H3. The molecule has 3 heteroatoms. The zero-order valence-electron chi connectivity index (χ0n) is 10.6. The summed E-state index contributed by atoms with van der Waals surface area (Å²) in [5.74, 6) is 3.46. The monoisotopic (exact) mass is 232 g/mol. The van der Waals surface area contributed by atoms with Crippen LogP contribution in [0.15, 0.2) is 18.2 Å². The van der Waals surface area contributed by atoms with Crippen molar-refractivity contribution in [2.24, 2.45) is 0 Å². The third-order valence-electron chi connectivity index (χ3n) is 2.60. The van der Waals surface area contributed by atoms with Crippen LogP contribution in [-0.2, 0) is 6.54 Å². The van der Waals surface area contributed by atoms with Gasteiger partial charge >= 0.3 is 0 Å². The zero-order valence-corrected chi connectivity index (χ0v) is 10.6. The molecule has 0 saturated carbocycles. The number of rotatable bonds is 6. The van der Waals surface area contributed by atoms with Crippen LogP contribution in [0, 0.1) is 12.3 Å². The van der Waals surface area contributed by atoms with Gasteiger partial charge in [0.05, 0.1) is 13.7 Å². The van der Waals surface area contributed by atoms with Gasteiger partial charge in [-0.05, 0) is 24.6 Å². The molecule has 0 aromatic heterocycles. The van der Waals surface area contributed by atoms with Crippen LogP contribution >= 0.6 is 0 Å². The van der Waals surface area contributed by atoms with Gasteiger partial charge in [0.1, 0.15) is 5.75 Å². The minimum atomic E-state index is 0.652. The molecule has 0 bridgehead atoms. The molecule has 2 N–H and O–H groups in total. The van der Waals surface area contributed by atoms with Crippen molar-refractivity contribution >= 4 is 5.69 Å². The molecule has 1 rings (SSSR count). The van der Waals surface area contributed by atoms with Crippen LogP contribution < -0.4 is 10.5 Å². The highest BCUT2D eigenvalue weighted by Crippen LogP contribution is 2.20. The van der Waals surface area contributed by atoms with Gasteiger partial charge in [-0.1, -0.05) is 18.9 Å². The van der Waals surface area contributed by atoms with Crippen LogP contribution in [0.3, 0.4) is 0 Å². The van der Waals surface area contributed by atoms with Gasteiger partial charge in [0.15, 0.2) is 0 Å². The lowest BCUT2D eigenvalue weighted by atomic mass is 10.1. The van der Waals surface area contributed by atoms with E-state index in [2.05, 4.69) is 17.7 Å². The first kappa shape index (κ1) is 13.4. The van der Waals surface area contributed by atoms with Crippen molar-refractivity contribution in [2.45, 2.75) is 19.9 Å². The second kappa shape index (κ2) is 6.82. The first-order chi connectivity index (χ1) is 8.21. The Labute approximate surface area is 104 Å². The number of ether oxygens (including phenoxy) is 1. The second-order valence-electron chi connectivity index (χ2n) is 3.98. The molecule has 0 atom stereocenters. The van der Waals surface area contributed by atoms with Crippen molar-refractivity contribution in [3.63, 3.8) is 0 Å². The highest BCUT2D eigenvalue weighted by atomic mass is 16.5. The van der Waals surface area contributed by atoms with E-state index in [1.807, 2.05) is 18.2 Å². The van der Waals surface area contributed by atoms with Gasteiger partial charge in [-0.3, -0.25) is 4.90 Å². The molecular formula is C14H20N2O. The normalized spacial score (nSPS) is 10.2. The van der Waals surface area contributed by atoms with Crippen LogP contribution in [-0.4, -0.2) is 25.1 Å². The van der Waals surface area contributed by atoms with Crippen LogP contribution in [0.1, 0.15) is 18.9 Å². The fraction of sp³-hybridized carbons (Fsp3) is 0.429. The molecule has 0 amide bonds. The lowest BCUT2D eigenvalue weighted by Crippen LogP contribution is -2.24. The molecule has 0 heterocycles. The minimum absolute atomic E-state index is 0.652. The quantitative estimate of drug-likeness (QED) is 0.603. The zero-order chi connectivity index (χ0) is 12.7. The molecule has 0 fully saturated rings. The van der Waals surface area contributed by atoms with E-state index in [1.54, 1.807) is 7.11 Å². The number of benzene rings is 1. The Kier molecular flexibility index (Phi) is 5.38. The predicted octanol–water partition coefficient (Wildman–Crippen LogP) is 2.12. The Morgan fingerprint density at radius 3 is 2.76 bits per heavy atom. The van der Waals surface area contributed by atoms with Gasteiger partial charge < -0.3 is 10.5 Å². The molecule has 17 heavy (non-hydrogen) atoms. The lowest BCUT2D eigenvalue weighted by Gasteiger charge is -2.20. The van der Waals surface area contributed by atoms with E-state index in [4.69, 9.17) is 16.9 Å². The molecule has 0 radical (unpaired) electrons. The van der Waals surface area contributed by atoms with Crippen molar-refractivity contribution in [3.8, 4) is 18.1 Å². The Balaban J connectivity index is 2.75. The predicted molar refractivity (Wildman–Crippen MR) is 71.8 cm³/mol. The van der Waals surface area contributed by atoms with E-state index in [9.17, 15) is 0 Å². The van der Waals surface area contributed by atoms with Gasteiger partial charge in [0, 0.05) is 18.3 Å². The molecule has 0 unspecified atom stereocenters. The van der Waals surface area contributed by atoms with E-state index in [0.29, 0.717) is 6.54 Å². The summed E-state index contributed by atoms with van der Waals surface area (Å²) >= 11 is 0. The van der Waals surface area contributed by atoms with E-state index < -0.39 is 0 Å². The molecule has 0 spiro atoms. The van der Waals surface area contributed by atoms with Gasteiger partial charge in [0.25, 0.3) is 0 Å². The van der Waals surface area contributed by atoms with Gasteiger partial charge in [0.2, 0.25) is 0 Å². The number of nitrogens with zero attached hydrogens (tertiary/aromatic N) is 1. The molecule has 0 saturated heterocycles. The second-order valence-corrected chi connectivity index (χ2v) is 3.98. The van der Waals surface area contributed by atoms with E-state index in [1.165, 1.54) is 0 Å². The van der Waals surface area contributed by atoms with Crippen LogP contribution in [0.4, 0.5) is 5.69 Å². The Hall–Kier alpha value is -1.66. The number of nitrogens with two attached hydrogens (primary N) is 1. The summed E-state index contributed by atoms with van der Waals surface area (Å²) < 4.78 is 5.12. The lowest BCUT2D eigenvalue weighted by molar-refractivity contribution is 0.300. The van der Waals surface area contributed by atoms with E-state index in [-0.39, 0.29) is 0 Å². The molecule has 0 aliphatic heterocycles. The van der Waals surface area contributed by atoms with Crippen molar-refractivity contribution in [1.29, 1.82) is 0 Å². The minimum Gasteiger partial charge on any atom is -0.497 e. The van der Waals surface area contributed by atoms with Crippen molar-refractivity contribution in [1.82, 2.24) is 4.90 Å². The number of hydrogen-bond donors (Lipinski definition) is 1. The Morgan fingerprint density at radius 2 is 2.24 bits per heavy atom. The van der Waals surface area contributed by atoms with Gasteiger partial charge in [-0.2, -0.15) is 0 Å². The first-order valence-electron chi connectivity index (χ1n) is 5.79. The molecule has 0 aliphatic rings. The third-order valence-corrected chi connectivity index (χ3v) is 2.60. The van der Waals surface area contributed by atoms with Gasteiger partial charge in [-0.25, -0.2) is 0 Å². The maximum Gasteiger partial charge on any atom is 0.120 e. The Morgan fingerprint density at radius 1 is 1.47 bits per heavy atom. The van der Waals surface area contributed by atoms with E-state index in [0.717, 1.165) is 36.5 Å². The summed E-state index contributed by atoms with van der Waals surface area (Å²) in [5.41, 5.74) is 7.82. The number of anilines is 1. The Bertz CT molecular complexity index is 396. The highest BCUT2D eigenvalue weighted by molar-refractivity contribution is 5.51. The average molecular weight is 232 g/mol. The average Bonchev–Trinajstić information content (AvgIpc) is 2.32. The van der Waals surface area contributed by atoms with Crippen LogP contribution in [0.5, 0.6) is 5.75 Å². The summed E-state index contributed by atoms with van der Waals surface area (Å²) in [6.45, 7) is 4.56. The number of nitrogen functional groups attached to an aromatic ring is 1. The van der Waals surface area contributed by atoms with Crippen LogP contribution in [0.2, 0.25) is 0 Å². The topological polar surface area (TPSA) is 38.5 Å². The molecule has 0 aliphatic carbocycles. The summed E-state index contributed by atoms with van der Waals surface area (Å²) in [7, 11) is 1.64. The molecule has 1 aromatic carbocycles.